The standard InChI is InChI=1S/C40H40N6/c1-19-23(5)37-35(27-13-9-11-15-29(27)41)38-25(7)21(3)33(45-38)18-34-22(4)26(8)40(46-34)36(28-14-10-12-16-30(28)42)39-24(6)20(2)32(44-39)17-31(19)43-37/h9-18,43,46H,41-42H2,1-8H3. The van der Waals surface area contributed by atoms with Gasteiger partial charge in [-0.05, 0) is 124 Å². The summed E-state index contributed by atoms with van der Waals surface area (Å²) in [5.41, 5.74) is 35.6. The van der Waals surface area contributed by atoms with Crippen LogP contribution in [0.1, 0.15) is 72.7 Å². The maximum absolute atomic E-state index is 6.67. The highest BCUT2D eigenvalue weighted by atomic mass is 14.8. The number of benzene rings is 2. The number of aromatic nitrogens is 4. The second-order valence-electron chi connectivity index (χ2n) is 12.7. The van der Waals surface area contributed by atoms with Crippen molar-refractivity contribution < 1.29 is 0 Å². The second-order valence-corrected chi connectivity index (χ2v) is 12.7. The van der Waals surface area contributed by atoms with Gasteiger partial charge in [-0.2, -0.15) is 0 Å². The van der Waals surface area contributed by atoms with Crippen LogP contribution in [0.25, 0.3) is 66.6 Å². The molecule has 6 heteroatoms. The Labute approximate surface area is 270 Å². The summed E-state index contributed by atoms with van der Waals surface area (Å²) in [6.07, 6.45) is 0. The number of hydrogen-bond acceptors (Lipinski definition) is 4. The molecule has 3 aromatic heterocycles. The zero-order valence-corrected chi connectivity index (χ0v) is 27.8. The second kappa shape index (κ2) is 10.6. The van der Waals surface area contributed by atoms with E-state index in [1.165, 1.54) is 0 Å². The molecule has 0 amide bonds. The fraction of sp³-hybridized carbons (Fsp3) is 0.200. The van der Waals surface area contributed by atoms with Crippen LogP contribution in [0.3, 0.4) is 0 Å². The lowest BCUT2D eigenvalue weighted by atomic mass is 9.96. The van der Waals surface area contributed by atoms with E-state index in [-0.39, 0.29) is 0 Å². The number of H-pyrrole nitrogens is 2. The number of hydrogen-bond donors (Lipinski definition) is 4. The van der Waals surface area contributed by atoms with Gasteiger partial charge < -0.3 is 21.4 Å². The number of nitrogen functional groups attached to an aromatic ring is 2. The van der Waals surface area contributed by atoms with E-state index in [0.717, 1.165) is 112 Å². The number of fused-ring (bicyclic) bond motifs is 8. The van der Waals surface area contributed by atoms with Gasteiger partial charge in [0.2, 0.25) is 0 Å². The first-order valence-electron chi connectivity index (χ1n) is 15.8. The minimum absolute atomic E-state index is 0.715. The van der Waals surface area contributed by atoms with Crippen LogP contribution in [0.2, 0.25) is 0 Å². The van der Waals surface area contributed by atoms with Gasteiger partial charge in [0.05, 0.1) is 33.8 Å². The van der Waals surface area contributed by atoms with Crippen LogP contribution in [-0.4, -0.2) is 19.9 Å². The van der Waals surface area contributed by atoms with Crippen LogP contribution in [-0.2, 0) is 0 Å². The van der Waals surface area contributed by atoms with Crippen LogP contribution >= 0.6 is 0 Å². The minimum atomic E-state index is 0.715. The molecule has 0 fully saturated rings. The van der Waals surface area contributed by atoms with Crippen molar-refractivity contribution in [1.29, 1.82) is 0 Å². The fourth-order valence-electron chi connectivity index (χ4n) is 6.78. The summed E-state index contributed by atoms with van der Waals surface area (Å²) in [7, 11) is 0. The topological polar surface area (TPSA) is 109 Å². The highest BCUT2D eigenvalue weighted by Crippen LogP contribution is 2.43. The normalized spacial score (nSPS) is 13.2. The molecule has 0 saturated carbocycles. The van der Waals surface area contributed by atoms with Crippen LogP contribution in [0, 0.1) is 27.7 Å². The Bertz CT molecular complexity index is 2190. The van der Waals surface area contributed by atoms with Crippen LogP contribution in [0.4, 0.5) is 11.4 Å². The lowest BCUT2D eigenvalue weighted by Gasteiger charge is -2.10. The van der Waals surface area contributed by atoms with Crippen molar-refractivity contribution in [3.8, 4) is 22.3 Å². The molecule has 2 aliphatic heterocycles. The fourth-order valence-corrected chi connectivity index (χ4v) is 6.78. The lowest BCUT2D eigenvalue weighted by Crippen LogP contribution is -1.94. The van der Waals surface area contributed by atoms with E-state index < -0.39 is 0 Å². The molecule has 0 saturated heterocycles. The quantitative estimate of drug-likeness (QED) is 0.150. The van der Waals surface area contributed by atoms with Crippen LogP contribution in [0.15, 0.2) is 60.7 Å². The molecule has 0 unspecified atom stereocenters. The summed E-state index contributed by atoms with van der Waals surface area (Å²) < 4.78 is 0. The molecular formula is C40H40N6. The number of nitrogens with two attached hydrogens (primary N) is 2. The maximum Gasteiger partial charge on any atom is 0.0769 e. The van der Waals surface area contributed by atoms with E-state index in [1.807, 2.05) is 36.4 Å². The third-order valence-electron chi connectivity index (χ3n) is 10.3. The lowest BCUT2D eigenvalue weighted by molar-refractivity contribution is 1.29. The Kier molecular flexibility index (Phi) is 6.78. The molecule has 46 heavy (non-hydrogen) atoms. The third kappa shape index (κ3) is 4.31. The van der Waals surface area contributed by atoms with Gasteiger partial charge in [0.1, 0.15) is 0 Å². The van der Waals surface area contributed by atoms with Crippen molar-refractivity contribution in [2.45, 2.75) is 55.4 Å². The predicted molar refractivity (Wildman–Crippen MR) is 196 cm³/mol. The molecule has 2 aromatic carbocycles. The van der Waals surface area contributed by atoms with E-state index in [2.05, 4.69) is 89.6 Å². The van der Waals surface area contributed by atoms with E-state index in [0.29, 0.717) is 11.4 Å². The number of aryl methyl sites for hydroxylation is 4. The summed E-state index contributed by atoms with van der Waals surface area (Å²) in [5.74, 6) is 0. The Morgan fingerprint density at radius 3 is 1.22 bits per heavy atom. The number of nitrogens with one attached hydrogen (secondary N) is 2. The molecule has 0 atom stereocenters. The third-order valence-corrected chi connectivity index (χ3v) is 10.3. The Morgan fingerprint density at radius 1 is 0.478 bits per heavy atom. The summed E-state index contributed by atoms with van der Waals surface area (Å²) in [6.45, 7) is 17.3. The molecule has 6 N–H and O–H groups in total. The van der Waals surface area contributed by atoms with Crippen molar-refractivity contribution in [2.75, 3.05) is 11.5 Å². The van der Waals surface area contributed by atoms with E-state index in [9.17, 15) is 0 Å². The SMILES string of the molecule is CC1=C(C)c2nc1cc1[nH]c(c(C)c1C)c(-c1ccccc1N)c1nc(cc3[nH]c(c(C)c3C)c2-c2ccccc2N)C(C)=C1C. The number of para-hydroxylation sites is 2. The smallest absolute Gasteiger partial charge is 0.0769 e. The maximum atomic E-state index is 6.67. The van der Waals surface area contributed by atoms with Gasteiger partial charge in [0, 0.05) is 44.7 Å². The van der Waals surface area contributed by atoms with Crippen LogP contribution < -0.4 is 11.5 Å². The zero-order valence-electron chi connectivity index (χ0n) is 27.8. The molecule has 2 aliphatic rings. The molecule has 0 aliphatic carbocycles. The first-order valence-corrected chi connectivity index (χ1v) is 15.8. The summed E-state index contributed by atoms with van der Waals surface area (Å²) >= 11 is 0. The molecule has 6 nitrogen and oxygen atoms in total. The van der Waals surface area contributed by atoms with Crippen molar-refractivity contribution in [3.05, 3.63) is 106 Å². The number of allylic oxidation sites excluding steroid dienone is 4. The highest BCUT2D eigenvalue weighted by Gasteiger charge is 2.24. The number of anilines is 2. The average Bonchev–Trinajstić information content (AvgIpc) is 3.67. The molecule has 5 aromatic rings. The molecule has 8 bridgehead atoms. The van der Waals surface area contributed by atoms with Crippen molar-refractivity contribution in [1.82, 2.24) is 19.9 Å². The van der Waals surface area contributed by atoms with E-state index >= 15 is 0 Å². The number of aromatic amines is 2. The van der Waals surface area contributed by atoms with E-state index in [4.69, 9.17) is 21.4 Å². The van der Waals surface area contributed by atoms with Crippen molar-refractivity contribution in [2.24, 2.45) is 0 Å². The molecular weight excluding hydrogens is 564 g/mol. The van der Waals surface area contributed by atoms with Gasteiger partial charge in [-0.15, -0.1) is 0 Å². The van der Waals surface area contributed by atoms with Gasteiger partial charge in [-0.3, -0.25) is 0 Å². The minimum Gasteiger partial charge on any atom is -0.398 e. The van der Waals surface area contributed by atoms with E-state index in [1.54, 1.807) is 0 Å². The Balaban J connectivity index is 1.76. The van der Waals surface area contributed by atoms with Crippen molar-refractivity contribution >= 4 is 55.7 Å². The molecule has 0 spiro atoms. The van der Waals surface area contributed by atoms with Gasteiger partial charge >= 0.3 is 0 Å². The Morgan fingerprint density at radius 2 is 0.848 bits per heavy atom. The average molecular weight is 605 g/mol. The largest absolute Gasteiger partial charge is 0.398 e. The summed E-state index contributed by atoms with van der Waals surface area (Å²) in [4.78, 5) is 18.3. The monoisotopic (exact) mass is 604 g/mol. The first-order chi connectivity index (χ1) is 22.0. The number of rotatable bonds is 2. The highest BCUT2D eigenvalue weighted by molar-refractivity contribution is 6.04. The van der Waals surface area contributed by atoms with Gasteiger partial charge in [0.15, 0.2) is 0 Å². The van der Waals surface area contributed by atoms with Gasteiger partial charge in [0.25, 0.3) is 0 Å². The number of nitrogens with zero attached hydrogens (tertiary/aromatic N) is 2. The molecule has 0 radical (unpaired) electrons. The first kappa shape index (κ1) is 29.4. The summed E-state index contributed by atoms with van der Waals surface area (Å²) in [6, 6.07) is 20.5. The molecule has 230 valence electrons. The zero-order chi connectivity index (χ0) is 32.6. The van der Waals surface area contributed by atoms with Gasteiger partial charge in [-0.25, -0.2) is 9.97 Å². The van der Waals surface area contributed by atoms with Crippen molar-refractivity contribution in [3.63, 3.8) is 0 Å². The summed E-state index contributed by atoms with van der Waals surface area (Å²) in [5, 5.41) is 0. The predicted octanol–water partition coefficient (Wildman–Crippen LogP) is 9.95. The Hall–Kier alpha value is -5.36. The molecule has 5 heterocycles. The van der Waals surface area contributed by atoms with Crippen LogP contribution in [0.5, 0.6) is 0 Å². The molecule has 7 rings (SSSR count). The van der Waals surface area contributed by atoms with Gasteiger partial charge in [-0.1, -0.05) is 36.4 Å².